The third-order valence-corrected chi connectivity index (χ3v) is 5.65. The first kappa shape index (κ1) is 21.6. The number of rotatable bonds is 8. The first-order valence-corrected chi connectivity index (χ1v) is 10.1. The van der Waals surface area contributed by atoms with E-state index in [2.05, 4.69) is 28.9 Å². The number of ether oxygens (including phenoxy) is 2. The van der Waals surface area contributed by atoms with Crippen LogP contribution in [0.3, 0.4) is 0 Å². The molecule has 0 aliphatic carbocycles. The van der Waals surface area contributed by atoms with Gasteiger partial charge in [-0.15, -0.1) is 0 Å². The van der Waals surface area contributed by atoms with E-state index in [0.29, 0.717) is 24.3 Å². The van der Waals surface area contributed by atoms with Gasteiger partial charge in [0.25, 0.3) is 0 Å². The van der Waals surface area contributed by atoms with Gasteiger partial charge in [-0.05, 0) is 36.6 Å². The second-order valence-corrected chi connectivity index (χ2v) is 7.63. The average Bonchev–Trinajstić information content (AvgIpc) is 2.71. The predicted octanol–water partition coefficient (Wildman–Crippen LogP) is 3.22. The van der Waals surface area contributed by atoms with Crippen molar-refractivity contribution in [3.8, 4) is 11.5 Å². The summed E-state index contributed by atoms with van der Waals surface area (Å²) in [4.78, 5) is 4.68. The Morgan fingerprint density at radius 2 is 1.90 bits per heavy atom. The van der Waals surface area contributed by atoms with E-state index in [0.717, 1.165) is 37.5 Å². The predicted molar refractivity (Wildman–Crippen MR) is 112 cm³/mol. The van der Waals surface area contributed by atoms with Gasteiger partial charge < -0.3 is 14.6 Å². The van der Waals surface area contributed by atoms with E-state index in [1.54, 1.807) is 19.2 Å². The minimum absolute atomic E-state index is 0.146. The summed E-state index contributed by atoms with van der Waals surface area (Å²) >= 11 is 0. The van der Waals surface area contributed by atoms with Gasteiger partial charge in [0.15, 0.2) is 0 Å². The third-order valence-electron chi connectivity index (χ3n) is 5.65. The van der Waals surface area contributed by atoms with Gasteiger partial charge in [0.1, 0.15) is 17.3 Å². The van der Waals surface area contributed by atoms with Gasteiger partial charge in [-0.25, -0.2) is 4.39 Å². The van der Waals surface area contributed by atoms with E-state index in [1.807, 2.05) is 6.07 Å². The van der Waals surface area contributed by atoms with Crippen LogP contribution < -0.4 is 9.47 Å². The highest BCUT2D eigenvalue weighted by atomic mass is 19.1. The maximum atomic E-state index is 14.3. The van der Waals surface area contributed by atoms with E-state index in [9.17, 15) is 9.50 Å². The topological polar surface area (TPSA) is 45.2 Å². The van der Waals surface area contributed by atoms with Gasteiger partial charge in [0, 0.05) is 57.0 Å². The highest BCUT2D eigenvalue weighted by Gasteiger charge is 2.27. The molecule has 5 nitrogen and oxygen atoms in total. The Balaban J connectivity index is 1.65. The molecule has 1 aliphatic heterocycles. The van der Waals surface area contributed by atoms with Crippen LogP contribution in [0.25, 0.3) is 0 Å². The normalized spacial score (nSPS) is 18.0. The van der Waals surface area contributed by atoms with Crippen molar-refractivity contribution in [1.82, 2.24) is 9.80 Å². The molecule has 0 spiro atoms. The van der Waals surface area contributed by atoms with Crippen LogP contribution in [0, 0.1) is 12.7 Å². The smallest absolute Gasteiger partial charge is 0.131 e. The maximum absolute atomic E-state index is 14.3. The summed E-state index contributed by atoms with van der Waals surface area (Å²) in [5.74, 6) is 1.19. The van der Waals surface area contributed by atoms with E-state index in [1.165, 1.54) is 18.7 Å². The Morgan fingerprint density at radius 3 is 2.55 bits per heavy atom. The zero-order valence-electron chi connectivity index (χ0n) is 17.5. The van der Waals surface area contributed by atoms with E-state index in [-0.39, 0.29) is 18.5 Å². The van der Waals surface area contributed by atoms with Crippen molar-refractivity contribution in [3.05, 3.63) is 58.9 Å². The Morgan fingerprint density at radius 1 is 1.07 bits per heavy atom. The molecule has 0 radical (unpaired) electrons. The Hall–Kier alpha value is -2.15. The van der Waals surface area contributed by atoms with Crippen molar-refractivity contribution < 1.29 is 19.0 Å². The Kier molecular flexibility index (Phi) is 7.47. The van der Waals surface area contributed by atoms with Crippen LogP contribution in [-0.4, -0.2) is 61.4 Å². The largest absolute Gasteiger partial charge is 0.497 e. The van der Waals surface area contributed by atoms with E-state index in [4.69, 9.17) is 9.47 Å². The molecule has 0 saturated carbocycles. The van der Waals surface area contributed by atoms with Crippen molar-refractivity contribution in [2.45, 2.75) is 32.5 Å². The number of aryl methyl sites for hydroxylation is 1. The Bertz CT molecular complexity index is 815. The molecule has 0 amide bonds. The number of piperazine rings is 1. The molecule has 1 fully saturated rings. The van der Waals surface area contributed by atoms with Gasteiger partial charge >= 0.3 is 0 Å². The van der Waals surface area contributed by atoms with Gasteiger partial charge in [-0.2, -0.15) is 0 Å². The molecule has 29 heavy (non-hydrogen) atoms. The van der Waals surface area contributed by atoms with Crippen LogP contribution in [0.1, 0.15) is 23.1 Å². The summed E-state index contributed by atoms with van der Waals surface area (Å²) in [5.41, 5.74) is 3.03. The highest BCUT2D eigenvalue weighted by molar-refractivity contribution is 5.36. The van der Waals surface area contributed by atoms with Gasteiger partial charge in [-0.1, -0.05) is 18.2 Å². The molecule has 0 unspecified atom stereocenters. The molecule has 1 N–H and O–H groups in total. The molecule has 6 heteroatoms. The number of aliphatic hydroxyl groups excluding tert-OH is 1. The average molecular weight is 403 g/mol. The van der Waals surface area contributed by atoms with Crippen LogP contribution in [-0.2, 0) is 13.1 Å². The van der Waals surface area contributed by atoms with Gasteiger partial charge in [0.05, 0.1) is 14.2 Å². The summed E-state index contributed by atoms with van der Waals surface area (Å²) in [5, 5.41) is 9.56. The van der Waals surface area contributed by atoms with Crippen molar-refractivity contribution in [1.29, 1.82) is 0 Å². The molecule has 1 heterocycles. The van der Waals surface area contributed by atoms with Crippen LogP contribution in [0.15, 0.2) is 36.4 Å². The zero-order chi connectivity index (χ0) is 20.8. The molecular formula is C23H31FN2O3. The molecular weight excluding hydrogens is 371 g/mol. The lowest BCUT2D eigenvalue weighted by atomic mass is 10.0. The van der Waals surface area contributed by atoms with Crippen LogP contribution in [0.4, 0.5) is 4.39 Å². The number of halogens is 1. The van der Waals surface area contributed by atoms with Crippen molar-refractivity contribution in [3.63, 3.8) is 0 Å². The molecule has 2 aromatic rings. The number of methoxy groups -OCH3 is 2. The molecule has 158 valence electrons. The number of nitrogens with zero attached hydrogens (tertiary/aromatic N) is 2. The summed E-state index contributed by atoms with van der Waals surface area (Å²) in [7, 11) is 3.22. The lowest BCUT2D eigenvalue weighted by molar-refractivity contribution is 0.0494. The minimum Gasteiger partial charge on any atom is -0.497 e. The summed E-state index contributed by atoms with van der Waals surface area (Å²) in [6.45, 7) is 6.15. The van der Waals surface area contributed by atoms with E-state index >= 15 is 0 Å². The standard InChI is InChI=1S/C23H31FN2O3/c1-17-12-18(4-7-23(17)29-3)14-26-10-9-25(16-20(26)8-11-27)15-19-5-6-21(28-2)13-22(19)24/h4-7,12-13,20,27H,8-11,14-16H2,1-3H3/t20-/m1/s1. The number of hydrogen-bond acceptors (Lipinski definition) is 5. The molecule has 2 aromatic carbocycles. The van der Waals surface area contributed by atoms with Crippen LogP contribution in [0.2, 0.25) is 0 Å². The van der Waals surface area contributed by atoms with Crippen molar-refractivity contribution >= 4 is 0 Å². The summed E-state index contributed by atoms with van der Waals surface area (Å²) < 4.78 is 24.8. The van der Waals surface area contributed by atoms with E-state index < -0.39 is 0 Å². The van der Waals surface area contributed by atoms with Crippen molar-refractivity contribution in [2.75, 3.05) is 40.5 Å². The zero-order valence-corrected chi connectivity index (χ0v) is 17.5. The SMILES string of the molecule is COc1ccc(CN2CCN(Cc3ccc(OC)c(C)c3)[C@H](CCO)C2)c(F)c1. The van der Waals surface area contributed by atoms with Gasteiger partial charge in [-0.3, -0.25) is 9.80 Å². The Labute approximate surface area is 172 Å². The minimum atomic E-state index is -0.237. The molecule has 0 bridgehead atoms. The molecule has 1 aliphatic rings. The first-order valence-electron chi connectivity index (χ1n) is 10.1. The number of benzene rings is 2. The molecule has 0 aromatic heterocycles. The number of hydrogen-bond donors (Lipinski definition) is 1. The second kappa shape index (κ2) is 10.1. The van der Waals surface area contributed by atoms with Crippen LogP contribution in [0.5, 0.6) is 11.5 Å². The first-order chi connectivity index (χ1) is 14.0. The highest BCUT2D eigenvalue weighted by Crippen LogP contribution is 2.23. The second-order valence-electron chi connectivity index (χ2n) is 7.63. The van der Waals surface area contributed by atoms with Gasteiger partial charge in [0.2, 0.25) is 0 Å². The fourth-order valence-corrected chi connectivity index (χ4v) is 4.03. The fourth-order valence-electron chi connectivity index (χ4n) is 4.03. The lowest BCUT2D eigenvalue weighted by Crippen LogP contribution is -2.52. The molecule has 3 rings (SSSR count). The summed E-state index contributed by atoms with van der Waals surface area (Å²) in [6, 6.07) is 11.5. The quantitative estimate of drug-likeness (QED) is 0.735. The molecule has 1 atom stereocenters. The summed E-state index contributed by atoms with van der Waals surface area (Å²) in [6.07, 6.45) is 0.705. The lowest BCUT2D eigenvalue weighted by Gasteiger charge is -2.41. The number of aliphatic hydroxyl groups is 1. The van der Waals surface area contributed by atoms with Crippen LogP contribution >= 0.6 is 0 Å². The maximum Gasteiger partial charge on any atom is 0.131 e. The third kappa shape index (κ3) is 5.47. The molecule has 1 saturated heterocycles. The fraction of sp³-hybridized carbons (Fsp3) is 0.478. The monoisotopic (exact) mass is 402 g/mol. The van der Waals surface area contributed by atoms with Crippen molar-refractivity contribution in [2.24, 2.45) is 0 Å².